The van der Waals surface area contributed by atoms with E-state index in [1.165, 1.54) is 64.2 Å². The van der Waals surface area contributed by atoms with E-state index in [-0.39, 0.29) is 0 Å². The number of aryl methyl sites for hydroxylation is 1. The van der Waals surface area contributed by atoms with Crippen LogP contribution in [0.15, 0.2) is 12.1 Å². The van der Waals surface area contributed by atoms with Gasteiger partial charge in [0.25, 0.3) is 6.43 Å². The van der Waals surface area contributed by atoms with E-state index in [1.807, 2.05) is 0 Å². The maximum Gasteiger partial charge on any atom is 0.269 e. The van der Waals surface area contributed by atoms with E-state index < -0.39 is 32.4 Å². The monoisotopic (exact) mass is 470 g/mol. The molecule has 1 aliphatic heterocycles. The fourth-order valence-corrected chi connectivity index (χ4v) is 9.86. The number of unbranched alkanes of at least 4 members (excludes halogenated alkanes) is 3. The Hall–Kier alpha value is -0.843. The Morgan fingerprint density at radius 2 is 1.47 bits per heavy atom. The third-order valence-electron chi connectivity index (χ3n) is 8.35. The van der Waals surface area contributed by atoms with Crippen molar-refractivity contribution in [1.29, 1.82) is 0 Å². The van der Waals surface area contributed by atoms with E-state index in [1.54, 1.807) is 18.1 Å². The molecule has 1 aliphatic carbocycles. The molecular weight excluding hydrogens is 428 g/mol. The molecule has 5 heteroatoms. The van der Waals surface area contributed by atoms with Crippen molar-refractivity contribution in [1.82, 2.24) is 0 Å². The van der Waals surface area contributed by atoms with Gasteiger partial charge in [-0.25, -0.2) is 17.6 Å². The minimum atomic E-state index is -3.11. The third kappa shape index (κ3) is 7.60. The van der Waals surface area contributed by atoms with Gasteiger partial charge in [-0.05, 0) is 61.1 Å². The zero-order valence-electron chi connectivity index (χ0n) is 19.9. The zero-order valence-corrected chi connectivity index (χ0v) is 21.0. The molecule has 182 valence electrons. The van der Waals surface area contributed by atoms with Crippen molar-refractivity contribution >= 4 is 8.80 Å². The van der Waals surface area contributed by atoms with Gasteiger partial charge >= 0.3 is 0 Å². The van der Waals surface area contributed by atoms with Crippen LogP contribution in [0.4, 0.5) is 17.6 Å². The lowest BCUT2D eigenvalue weighted by Crippen LogP contribution is -2.28. The van der Waals surface area contributed by atoms with Crippen LogP contribution in [0.5, 0.6) is 0 Å². The molecule has 0 bridgehead atoms. The molecule has 1 saturated heterocycles. The summed E-state index contributed by atoms with van der Waals surface area (Å²) < 4.78 is 52.8. The van der Waals surface area contributed by atoms with E-state index in [9.17, 15) is 17.6 Å². The number of benzene rings is 1. The summed E-state index contributed by atoms with van der Waals surface area (Å²) in [6, 6.07) is 6.93. The molecule has 0 spiro atoms. The molecule has 0 N–H and O–H groups in total. The van der Waals surface area contributed by atoms with Crippen LogP contribution in [0.1, 0.15) is 102 Å². The van der Waals surface area contributed by atoms with Gasteiger partial charge in [0.1, 0.15) is 11.6 Å². The second-order valence-electron chi connectivity index (χ2n) is 10.6. The summed E-state index contributed by atoms with van der Waals surface area (Å²) >= 11 is 0. The average molecular weight is 471 g/mol. The van der Waals surface area contributed by atoms with Crippen LogP contribution in [-0.2, 0) is 6.42 Å². The smallest absolute Gasteiger partial charge is 0.206 e. The van der Waals surface area contributed by atoms with Crippen LogP contribution in [0.2, 0.25) is 18.1 Å². The molecule has 0 amide bonds. The zero-order chi connectivity index (χ0) is 22.9. The lowest BCUT2D eigenvalue weighted by atomic mass is 9.73. The number of alkyl halides is 2. The third-order valence-corrected chi connectivity index (χ3v) is 11.9. The summed E-state index contributed by atoms with van der Waals surface area (Å²) in [7, 11) is -0.407. The van der Waals surface area contributed by atoms with Crippen LogP contribution in [0, 0.1) is 29.4 Å². The molecule has 0 nitrogen and oxygen atoms in total. The van der Waals surface area contributed by atoms with Gasteiger partial charge in [0.2, 0.25) is 0 Å². The van der Waals surface area contributed by atoms with Crippen LogP contribution in [0.3, 0.4) is 0 Å². The van der Waals surface area contributed by atoms with Crippen molar-refractivity contribution < 1.29 is 17.6 Å². The molecule has 2 fully saturated rings. The van der Waals surface area contributed by atoms with Crippen molar-refractivity contribution in [2.45, 2.75) is 115 Å². The van der Waals surface area contributed by atoms with E-state index in [0.29, 0.717) is 12.0 Å². The molecule has 0 radical (unpaired) electrons. The molecule has 2 aliphatic rings. The molecule has 3 rings (SSSR count). The summed E-state index contributed by atoms with van der Waals surface area (Å²) in [5, 5.41) is 0. The highest BCUT2D eigenvalue weighted by Gasteiger charge is 2.31. The van der Waals surface area contributed by atoms with Gasteiger partial charge < -0.3 is 0 Å². The van der Waals surface area contributed by atoms with Crippen molar-refractivity contribution in [3.05, 3.63) is 34.9 Å². The Bertz CT molecular complexity index is 653. The highest BCUT2D eigenvalue weighted by molar-refractivity contribution is 6.58. The van der Waals surface area contributed by atoms with Crippen molar-refractivity contribution in [3.8, 4) is 0 Å². The number of halogens is 4. The van der Waals surface area contributed by atoms with Crippen LogP contribution >= 0.6 is 0 Å². The average Bonchev–Trinajstić information content (AvgIpc) is 2.77. The number of rotatable bonds is 11. The molecule has 0 atom stereocenters. The first-order chi connectivity index (χ1) is 15.5. The number of hydrogen-bond acceptors (Lipinski definition) is 0. The van der Waals surface area contributed by atoms with E-state index in [2.05, 4.69) is 6.92 Å². The lowest BCUT2D eigenvalue weighted by molar-refractivity contribution is 0.141. The van der Waals surface area contributed by atoms with Crippen molar-refractivity contribution in [3.63, 3.8) is 0 Å². The molecular formula is C27H42F4Si. The fourth-order valence-electron chi connectivity index (χ4n) is 6.33. The van der Waals surface area contributed by atoms with E-state index in [0.717, 1.165) is 42.7 Å². The predicted octanol–water partition coefficient (Wildman–Crippen LogP) is 9.25. The first-order valence-corrected chi connectivity index (χ1v) is 15.7. The minimum absolute atomic E-state index is 0.407. The Balaban J connectivity index is 1.30. The SMILES string of the molecule is CCCCC[Si@H]1CC[C@H]([C@H]2CC[C@H](CCCCc3cc(F)c(C(F)F)c(F)c3)CC2)CC1. The standard InChI is InChI=1S/C27H42F4Si/c1-2-3-6-15-32-16-13-23(14-17-32)22-11-9-20(10-12-22)7-4-5-8-21-18-24(28)26(27(30)31)25(29)19-21/h18-20,22-23,27,32H,2-17H2,1H3/t20-,22-,23-,32-. The highest BCUT2D eigenvalue weighted by atomic mass is 28.3. The van der Waals surface area contributed by atoms with Gasteiger partial charge in [0, 0.05) is 8.80 Å². The van der Waals surface area contributed by atoms with E-state index in [4.69, 9.17) is 0 Å². The second-order valence-corrected chi connectivity index (χ2v) is 14.0. The maximum absolute atomic E-state index is 13.7. The Morgan fingerprint density at radius 3 is 2.06 bits per heavy atom. The highest BCUT2D eigenvalue weighted by Crippen LogP contribution is 2.42. The first-order valence-electron chi connectivity index (χ1n) is 13.2. The normalized spacial score (nSPS) is 26.6. The van der Waals surface area contributed by atoms with Gasteiger partial charge in [0.15, 0.2) is 0 Å². The topological polar surface area (TPSA) is 0 Å². The minimum Gasteiger partial charge on any atom is -0.206 e. The van der Waals surface area contributed by atoms with Crippen LogP contribution in [0.25, 0.3) is 0 Å². The molecule has 1 aromatic rings. The van der Waals surface area contributed by atoms with Gasteiger partial charge in [-0.1, -0.05) is 82.8 Å². The summed E-state index contributed by atoms with van der Waals surface area (Å²) in [4.78, 5) is 0. The largest absolute Gasteiger partial charge is 0.269 e. The molecule has 1 heterocycles. The maximum atomic E-state index is 13.7. The Kier molecular flexibility index (Phi) is 10.6. The van der Waals surface area contributed by atoms with Gasteiger partial charge in [-0.2, -0.15) is 0 Å². The quantitative estimate of drug-likeness (QED) is 0.172. The fraction of sp³-hybridized carbons (Fsp3) is 0.778. The first kappa shape index (κ1) is 25.8. The van der Waals surface area contributed by atoms with Gasteiger partial charge in [-0.3, -0.25) is 0 Å². The molecule has 1 saturated carbocycles. The van der Waals surface area contributed by atoms with Gasteiger partial charge in [0.05, 0.1) is 5.56 Å². The van der Waals surface area contributed by atoms with Crippen LogP contribution < -0.4 is 0 Å². The second kappa shape index (κ2) is 13.1. The lowest BCUT2D eigenvalue weighted by Gasteiger charge is -2.37. The summed E-state index contributed by atoms with van der Waals surface area (Å²) in [6.45, 7) is 2.30. The molecule has 32 heavy (non-hydrogen) atoms. The summed E-state index contributed by atoms with van der Waals surface area (Å²) in [6.07, 6.45) is 13.3. The predicted molar refractivity (Wildman–Crippen MR) is 128 cm³/mol. The summed E-state index contributed by atoms with van der Waals surface area (Å²) in [5.74, 6) is 0.501. The van der Waals surface area contributed by atoms with Gasteiger partial charge in [-0.15, -0.1) is 0 Å². The molecule has 0 unspecified atom stereocenters. The van der Waals surface area contributed by atoms with Crippen molar-refractivity contribution in [2.24, 2.45) is 17.8 Å². The van der Waals surface area contributed by atoms with E-state index >= 15 is 0 Å². The molecule has 1 aromatic carbocycles. The Morgan fingerprint density at radius 1 is 0.844 bits per heavy atom. The number of hydrogen-bond donors (Lipinski definition) is 0. The molecule has 0 aromatic heterocycles. The summed E-state index contributed by atoms with van der Waals surface area (Å²) in [5.41, 5.74) is -0.611. The Labute approximate surface area is 194 Å². The van der Waals surface area contributed by atoms with Crippen molar-refractivity contribution in [2.75, 3.05) is 0 Å². The van der Waals surface area contributed by atoms with Crippen LogP contribution in [-0.4, -0.2) is 8.80 Å².